The molecule has 0 unspecified atom stereocenters. The van der Waals surface area contributed by atoms with Gasteiger partial charge in [0.1, 0.15) is 6.54 Å². The van der Waals surface area contributed by atoms with Crippen molar-refractivity contribution in [1.29, 1.82) is 0 Å². The number of hydrogen-bond donors (Lipinski definition) is 1. The number of fused-ring (bicyclic) bond motifs is 1. The minimum Gasteiger partial charge on any atom is -0.465 e. The number of para-hydroxylation sites is 1. The molecule has 1 atom stereocenters. The van der Waals surface area contributed by atoms with Crippen LogP contribution in [0.5, 0.6) is 0 Å². The van der Waals surface area contributed by atoms with Gasteiger partial charge in [-0.1, -0.05) is 19.1 Å². The Hall–Kier alpha value is -2.63. The first kappa shape index (κ1) is 16.2. The fourth-order valence-corrected chi connectivity index (χ4v) is 3.04. The van der Waals surface area contributed by atoms with Crippen LogP contribution in [0.25, 0.3) is 0 Å². The number of ether oxygens (including phenoxy) is 1. The lowest BCUT2D eigenvalue weighted by atomic mass is 9.89. The summed E-state index contributed by atoms with van der Waals surface area (Å²) >= 11 is 0. The van der Waals surface area contributed by atoms with Gasteiger partial charge in [0, 0.05) is 6.20 Å². The molecule has 1 N–H and O–H groups in total. The Bertz CT molecular complexity index is 767. The van der Waals surface area contributed by atoms with E-state index in [1.54, 1.807) is 28.9 Å². The largest absolute Gasteiger partial charge is 0.465 e. The van der Waals surface area contributed by atoms with Crippen LogP contribution in [-0.2, 0) is 28.9 Å². The second kappa shape index (κ2) is 6.86. The van der Waals surface area contributed by atoms with Crippen LogP contribution in [0, 0.1) is 5.92 Å². The molecule has 1 aliphatic carbocycles. The standard InChI is InChI=1S/C18H21N3O3/c1-12-7-8-15-13(9-12)10-21(20-15)11-17(22)19-16-6-4-3-5-14(16)18(23)24-2/h3-6,10,12H,7-9,11H2,1-2H3,(H,19,22)/t12-/m1/s1. The number of rotatable bonds is 4. The summed E-state index contributed by atoms with van der Waals surface area (Å²) in [5, 5.41) is 7.27. The van der Waals surface area contributed by atoms with E-state index >= 15 is 0 Å². The number of hydrogen-bond acceptors (Lipinski definition) is 4. The van der Waals surface area contributed by atoms with Crippen molar-refractivity contribution in [2.75, 3.05) is 12.4 Å². The van der Waals surface area contributed by atoms with Gasteiger partial charge in [-0.2, -0.15) is 5.10 Å². The molecule has 0 spiro atoms. The van der Waals surface area contributed by atoms with Gasteiger partial charge in [-0.3, -0.25) is 9.48 Å². The number of anilines is 1. The molecule has 0 saturated heterocycles. The van der Waals surface area contributed by atoms with Gasteiger partial charge < -0.3 is 10.1 Å². The molecule has 24 heavy (non-hydrogen) atoms. The summed E-state index contributed by atoms with van der Waals surface area (Å²) in [6.07, 6.45) is 5.08. The van der Waals surface area contributed by atoms with Crippen molar-refractivity contribution >= 4 is 17.6 Å². The predicted molar refractivity (Wildman–Crippen MR) is 89.8 cm³/mol. The number of esters is 1. The summed E-state index contributed by atoms with van der Waals surface area (Å²) in [5.74, 6) is -0.0374. The molecule has 1 aromatic carbocycles. The van der Waals surface area contributed by atoms with Crippen molar-refractivity contribution in [3.63, 3.8) is 0 Å². The molecule has 6 heteroatoms. The Morgan fingerprint density at radius 1 is 1.38 bits per heavy atom. The molecule has 0 fully saturated rings. The average Bonchev–Trinajstić information content (AvgIpc) is 2.95. The number of aryl methyl sites for hydroxylation is 1. The van der Waals surface area contributed by atoms with E-state index in [9.17, 15) is 9.59 Å². The highest BCUT2D eigenvalue weighted by molar-refractivity contribution is 6.01. The zero-order valence-electron chi connectivity index (χ0n) is 13.9. The van der Waals surface area contributed by atoms with Gasteiger partial charge in [-0.05, 0) is 42.9 Å². The van der Waals surface area contributed by atoms with Gasteiger partial charge in [0.15, 0.2) is 0 Å². The summed E-state index contributed by atoms with van der Waals surface area (Å²) < 4.78 is 6.41. The van der Waals surface area contributed by atoms with Crippen LogP contribution in [0.3, 0.4) is 0 Å². The Labute approximate surface area is 140 Å². The Balaban J connectivity index is 1.70. The van der Waals surface area contributed by atoms with Crippen LogP contribution in [0.4, 0.5) is 5.69 Å². The van der Waals surface area contributed by atoms with E-state index in [1.165, 1.54) is 12.7 Å². The molecular formula is C18H21N3O3. The summed E-state index contributed by atoms with van der Waals surface area (Å²) in [5.41, 5.74) is 3.11. The van der Waals surface area contributed by atoms with E-state index in [-0.39, 0.29) is 12.5 Å². The Morgan fingerprint density at radius 3 is 2.96 bits per heavy atom. The van der Waals surface area contributed by atoms with Crippen LogP contribution in [-0.4, -0.2) is 28.8 Å². The first-order valence-corrected chi connectivity index (χ1v) is 8.09. The van der Waals surface area contributed by atoms with Crippen LogP contribution in [0.15, 0.2) is 30.5 Å². The van der Waals surface area contributed by atoms with Gasteiger partial charge in [0.05, 0.1) is 24.1 Å². The molecule has 2 aromatic rings. The number of carbonyl (C=O) groups is 2. The van der Waals surface area contributed by atoms with Crippen LogP contribution in [0.1, 0.15) is 35.0 Å². The second-order valence-electron chi connectivity index (χ2n) is 6.23. The van der Waals surface area contributed by atoms with Gasteiger partial charge in [-0.25, -0.2) is 4.79 Å². The highest BCUT2D eigenvalue weighted by Crippen LogP contribution is 2.24. The fourth-order valence-electron chi connectivity index (χ4n) is 3.04. The molecule has 1 aliphatic rings. The number of nitrogens with one attached hydrogen (secondary N) is 1. The summed E-state index contributed by atoms with van der Waals surface area (Å²) in [4.78, 5) is 24.0. The van der Waals surface area contributed by atoms with E-state index in [0.29, 0.717) is 17.2 Å². The van der Waals surface area contributed by atoms with Gasteiger partial charge >= 0.3 is 5.97 Å². The SMILES string of the molecule is COC(=O)c1ccccc1NC(=O)Cn1cc2c(n1)CC[C@@H](C)C2. The molecule has 0 aliphatic heterocycles. The first-order chi connectivity index (χ1) is 11.6. The van der Waals surface area contributed by atoms with Crippen LogP contribution < -0.4 is 5.32 Å². The van der Waals surface area contributed by atoms with Gasteiger partial charge in [0.25, 0.3) is 0 Å². The van der Waals surface area contributed by atoms with Crippen molar-refractivity contribution in [3.8, 4) is 0 Å². The molecule has 126 valence electrons. The topological polar surface area (TPSA) is 73.2 Å². The molecule has 1 heterocycles. The average molecular weight is 327 g/mol. The molecule has 0 radical (unpaired) electrons. The first-order valence-electron chi connectivity index (χ1n) is 8.09. The molecule has 1 aromatic heterocycles. The van der Waals surface area contributed by atoms with Crippen molar-refractivity contribution < 1.29 is 14.3 Å². The quantitative estimate of drug-likeness (QED) is 0.875. The van der Waals surface area contributed by atoms with E-state index in [2.05, 4.69) is 17.3 Å². The van der Waals surface area contributed by atoms with Gasteiger partial charge in [0.2, 0.25) is 5.91 Å². The molecular weight excluding hydrogens is 306 g/mol. The number of benzene rings is 1. The van der Waals surface area contributed by atoms with Gasteiger partial charge in [-0.15, -0.1) is 0 Å². The maximum absolute atomic E-state index is 12.3. The monoisotopic (exact) mass is 327 g/mol. The third-order valence-corrected chi connectivity index (χ3v) is 4.28. The fraction of sp³-hybridized carbons (Fsp3) is 0.389. The van der Waals surface area contributed by atoms with E-state index in [1.807, 2.05) is 6.20 Å². The third kappa shape index (κ3) is 3.48. The summed E-state index contributed by atoms with van der Waals surface area (Å²) in [6.45, 7) is 2.35. The van der Waals surface area contributed by atoms with E-state index < -0.39 is 5.97 Å². The second-order valence-corrected chi connectivity index (χ2v) is 6.23. The Kier molecular flexibility index (Phi) is 4.64. The number of methoxy groups -OCH3 is 1. The zero-order valence-corrected chi connectivity index (χ0v) is 13.9. The lowest BCUT2D eigenvalue weighted by molar-refractivity contribution is -0.116. The van der Waals surface area contributed by atoms with Crippen LogP contribution in [0.2, 0.25) is 0 Å². The van der Waals surface area contributed by atoms with E-state index in [0.717, 1.165) is 25.0 Å². The number of amides is 1. The normalized spacial score (nSPS) is 16.3. The highest BCUT2D eigenvalue weighted by Gasteiger charge is 2.19. The lowest BCUT2D eigenvalue weighted by Crippen LogP contribution is -2.20. The Morgan fingerprint density at radius 2 is 2.17 bits per heavy atom. The van der Waals surface area contributed by atoms with Crippen LogP contribution >= 0.6 is 0 Å². The maximum atomic E-state index is 12.3. The van der Waals surface area contributed by atoms with Crippen molar-refractivity contribution in [2.45, 2.75) is 32.7 Å². The van der Waals surface area contributed by atoms with Crippen molar-refractivity contribution in [1.82, 2.24) is 9.78 Å². The highest BCUT2D eigenvalue weighted by atomic mass is 16.5. The van der Waals surface area contributed by atoms with E-state index in [4.69, 9.17) is 4.74 Å². The van der Waals surface area contributed by atoms with Crippen molar-refractivity contribution in [2.24, 2.45) is 5.92 Å². The molecule has 1 amide bonds. The number of nitrogens with zero attached hydrogens (tertiary/aromatic N) is 2. The number of aromatic nitrogens is 2. The zero-order chi connectivity index (χ0) is 17.1. The smallest absolute Gasteiger partial charge is 0.339 e. The minimum atomic E-state index is -0.477. The third-order valence-electron chi connectivity index (χ3n) is 4.28. The molecule has 6 nitrogen and oxygen atoms in total. The molecule has 0 saturated carbocycles. The minimum absolute atomic E-state index is 0.122. The summed E-state index contributed by atoms with van der Waals surface area (Å²) in [7, 11) is 1.32. The summed E-state index contributed by atoms with van der Waals surface area (Å²) in [6, 6.07) is 6.79. The lowest BCUT2D eigenvalue weighted by Gasteiger charge is -2.15. The number of carbonyl (C=O) groups excluding carboxylic acids is 2. The maximum Gasteiger partial charge on any atom is 0.339 e. The molecule has 0 bridgehead atoms. The predicted octanol–water partition coefficient (Wildman–Crippen LogP) is 2.43. The molecule has 3 rings (SSSR count). The van der Waals surface area contributed by atoms with Crippen molar-refractivity contribution in [3.05, 3.63) is 47.3 Å².